The summed E-state index contributed by atoms with van der Waals surface area (Å²) in [5, 5.41) is 12.6. The lowest BCUT2D eigenvalue weighted by Crippen LogP contribution is -2.42. The van der Waals surface area contributed by atoms with E-state index in [-0.39, 0.29) is 6.04 Å². The summed E-state index contributed by atoms with van der Waals surface area (Å²) in [5.74, 6) is -0.974. The van der Waals surface area contributed by atoms with E-state index in [0.717, 1.165) is 21.1 Å². The third-order valence-electron chi connectivity index (χ3n) is 6.11. The number of amides is 4. The number of benzene rings is 2. The van der Waals surface area contributed by atoms with Gasteiger partial charge in [-0.15, -0.1) is 0 Å². The molecule has 34 heavy (non-hydrogen) atoms. The molecule has 5 rings (SSSR count). The number of hydrogen-bond acceptors (Lipinski definition) is 5. The highest BCUT2D eigenvalue weighted by Gasteiger charge is 2.49. The summed E-state index contributed by atoms with van der Waals surface area (Å²) in [7, 11) is 0. The lowest BCUT2D eigenvalue weighted by molar-refractivity contribution is -0.133. The normalized spacial score (nSPS) is 18.2. The molecule has 0 radical (unpaired) electrons. The molecule has 0 spiro atoms. The van der Waals surface area contributed by atoms with E-state index in [0.29, 0.717) is 16.9 Å². The van der Waals surface area contributed by atoms with Crippen molar-refractivity contribution in [1.29, 1.82) is 0 Å². The molecule has 0 bridgehead atoms. The highest BCUT2D eigenvalue weighted by atomic mass is 16.2. The van der Waals surface area contributed by atoms with Crippen molar-refractivity contribution in [3.63, 3.8) is 0 Å². The van der Waals surface area contributed by atoms with Crippen LogP contribution in [0.15, 0.2) is 60.9 Å². The van der Waals surface area contributed by atoms with Crippen molar-refractivity contribution in [2.75, 3.05) is 11.9 Å². The van der Waals surface area contributed by atoms with Crippen LogP contribution in [0.3, 0.4) is 0 Å². The van der Waals surface area contributed by atoms with Gasteiger partial charge in [-0.3, -0.25) is 14.5 Å². The highest BCUT2D eigenvalue weighted by Crippen LogP contribution is 2.31. The molecule has 4 amide bonds. The molecule has 2 aromatic heterocycles. The zero-order valence-corrected chi connectivity index (χ0v) is 19.1. The van der Waals surface area contributed by atoms with E-state index in [4.69, 9.17) is 0 Å². The lowest BCUT2D eigenvalue weighted by Gasteiger charge is -2.22. The second-order valence-corrected chi connectivity index (χ2v) is 8.88. The molecule has 9 heteroatoms. The predicted octanol–water partition coefficient (Wildman–Crippen LogP) is 3.57. The highest BCUT2D eigenvalue weighted by molar-refractivity contribution is 6.10. The van der Waals surface area contributed by atoms with Gasteiger partial charge in [0.25, 0.3) is 5.91 Å². The Bertz CT molecular complexity index is 1460. The Morgan fingerprint density at radius 2 is 1.82 bits per heavy atom. The van der Waals surface area contributed by atoms with Crippen molar-refractivity contribution >= 4 is 45.3 Å². The first kappa shape index (κ1) is 21.6. The monoisotopic (exact) mass is 456 g/mol. The number of carbonyl (C=O) groups is 3. The number of imide groups is 1. The van der Waals surface area contributed by atoms with E-state index in [1.165, 1.54) is 6.20 Å². The Labute approximate surface area is 195 Å². The molecule has 1 atom stereocenters. The summed E-state index contributed by atoms with van der Waals surface area (Å²) in [5.41, 5.74) is 0.579. The van der Waals surface area contributed by atoms with E-state index in [2.05, 4.69) is 20.7 Å². The van der Waals surface area contributed by atoms with E-state index >= 15 is 0 Å². The van der Waals surface area contributed by atoms with Crippen LogP contribution >= 0.6 is 0 Å². The van der Waals surface area contributed by atoms with Crippen LogP contribution in [-0.4, -0.2) is 44.1 Å². The Kier molecular flexibility index (Phi) is 5.04. The maximum atomic E-state index is 13.2. The smallest absolute Gasteiger partial charge is 0.323 e. The molecule has 4 aromatic rings. The van der Waals surface area contributed by atoms with E-state index in [9.17, 15) is 14.4 Å². The molecule has 1 unspecified atom stereocenters. The first-order valence-corrected chi connectivity index (χ1v) is 11.0. The molecule has 3 heterocycles. The van der Waals surface area contributed by atoms with Crippen molar-refractivity contribution in [2.45, 2.75) is 32.4 Å². The lowest BCUT2D eigenvalue weighted by atomic mass is 9.90. The summed E-state index contributed by atoms with van der Waals surface area (Å²) in [4.78, 5) is 43.9. The molecule has 172 valence electrons. The fraction of sp³-hybridized carbons (Fsp3) is 0.240. The van der Waals surface area contributed by atoms with Gasteiger partial charge >= 0.3 is 6.03 Å². The quantitative estimate of drug-likeness (QED) is 0.446. The Hall–Kier alpha value is -4.27. The van der Waals surface area contributed by atoms with Crippen LogP contribution in [-0.2, 0) is 15.1 Å². The van der Waals surface area contributed by atoms with Gasteiger partial charge in [-0.05, 0) is 49.2 Å². The number of hydrogen-bond donors (Lipinski definition) is 2. The summed E-state index contributed by atoms with van der Waals surface area (Å²) in [6.07, 6.45) is 3.22. The summed E-state index contributed by atoms with van der Waals surface area (Å²) in [6.45, 7) is 5.26. The minimum absolute atomic E-state index is 0.155. The van der Waals surface area contributed by atoms with Crippen LogP contribution in [0.2, 0.25) is 0 Å². The van der Waals surface area contributed by atoms with Gasteiger partial charge in [0.2, 0.25) is 5.91 Å². The van der Waals surface area contributed by atoms with Gasteiger partial charge in [-0.25, -0.2) is 14.5 Å². The molecule has 1 aliphatic rings. The van der Waals surface area contributed by atoms with E-state index < -0.39 is 29.9 Å². The Morgan fingerprint density at radius 1 is 1.06 bits per heavy atom. The molecule has 1 fully saturated rings. The van der Waals surface area contributed by atoms with Crippen molar-refractivity contribution in [3.05, 3.63) is 66.5 Å². The van der Waals surface area contributed by atoms with Gasteiger partial charge < -0.3 is 10.6 Å². The van der Waals surface area contributed by atoms with Gasteiger partial charge in [0.1, 0.15) is 12.1 Å². The molecule has 2 aromatic carbocycles. The molecule has 0 aliphatic carbocycles. The summed E-state index contributed by atoms with van der Waals surface area (Å²) >= 11 is 0. The van der Waals surface area contributed by atoms with Gasteiger partial charge in [0.05, 0.1) is 18.1 Å². The molecule has 2 N–H and O–H groups in total. The number of urea groups is 1. The molecule has 0 saturated carbocycles. The number of rotatable bonds is 5. The van der Waals surface area contributed by atoms with Gasteiger partial charge in [0.15, 0.2) is 5.65 Å². The maximum absolute atomic E-state index is 13.2. The summed E-state index contributed by atoms with van der Waals surface area (Å²) < 4.78 is 1.79. The van der Waals surface area contributed by atoms with Crippen molar-refractivity contribution < 1.29 is 14.4 Å². The maximum Gasteiger partial charge on any atom is 0.325 e. The average molecular weight is 457 g/mol. The molecular weight excluding hydrogens is 432 g/mol. The van der Waals surface area contributed by atoms with Crippen LogP contribution in [0.4, 0.5) is 10.5 Å². The van der Waals surface area contributed by atoms with Gasteiger partial charge in [-0.2, -0.15) is 5.10 Å². The minimum Gasteiger partial charge on any atom is -0.323 e. The standard InChI is InChI=1S/C25H24N6O3/c1-15(2)31-22-18(12-27-31)11-20(13-26-22)28-21(32)14-30-23(33)25(3,29-24(30)34)19-9-8-16-6-4-5-7-17(16)10-19/h4-13,15H,14H2,1-3H3,(H,28,32)(H,29,34). The van der Waals surface area contributed by atoms with Crippen molar-refractivity contribution in [3.8, 4) is 0 Å². The zero-order valence-electron chi connectivity index (χ0n) is 19.1. The minimum atomic E-state index is -1.26. The van der Waals surface area contributed by atoms with Crippen LogP contribution in [0.5, 0.6) is 0 Å². The predicted molar refractivity (Wildman–Crippen MR) is 128 cm³/mol. The summed E-state index contributed by atoms with van der Waals surface area (Å²) in [6, 6.07) is 14.7. The Morgan fingerprint density at radius 3 is 2.59 bits per heavy atom. The molecule has 9 nitrogen and oxygen atoms in total. The third kappa shape index (κ3) is 3.55. The first-order valence-electron chi connectivity index (χ1n) is 11.0. The van der Waals surface area contributed by atoms with Crippen molar-refractivity contribution in [2.24, 2.45) is 0 Å². The van der Waals surface area contributed by atoms with Crippen LogP contribution in [0.1, 0.15) is 32.4 Å². The molecular formula is C25H24N6O3. The number of anilines is 1. The van der Waals surface area contributed by atoms with Gasteiger partial charge in [-0.1, -0.05) is 36.4 Å². The van der Waals surface area contributed by atoms with Crippen LogP contribution in [0.25, 0.3) is 21.8 Å². The third-order valence-corrected chi connectivity index (χ3v) is 6.11. The average Bonchev–Trinajstić information content (AvgIpc) is 3.33. The first-order chi connectivity index (χ1) is 16.3. The second kappa shape index (κ2) is 7.95. The fourth-order valence-corrected chi connectivity index (χ4v) is 4.27. The number of pyridine rings is 1. The number of fused-ring (bicyclic) bond motifs is 2. The fourth-order valence-electron chi connectivity index (χ4n) is 4.27. The number of carbonyl (C=O) groups excluding carboxylic acids is 3. The Balaban J connectivity index is 1.33. The SMILES string of the molecule is CC(C)n1ncc2cc(NC(=O)CN3C(=O)NC(C)(c4ccc5ccccc5c4)C3=O)cnc21. The largest absolute Gasteiger partial charge is 0.325 e. The number of nitrogens with one attached hydrogen (secondary N) is 2. The zero-order chi connectivity index (χ0) is 24.0. The molecule has 1 saturated heterocycles. The number of aromatic nitrogens is 3. The van der Waals surface area contributed by atoms with Gasteiger partial charge in [0, 0.05) is 11.4 Å². The second-order valence-electron chi connectivity index (χ2n) is 8.88. The van der Waals surface area contributed by atoms with Crippen LogP contribution < -0.4 is 10.6 Å². The van der Waals surface area contributed by atoms with Crippen LogP contribution in [0, 0.1) is 0 Å². The number of nitrogens with zero attached hydrogens (tertiary/aromatic N) is 4. The molecule has 1 aliphatic heterocycles. The topological polar surface area (TPSA) is 109 Å². The van der Waals surface area contributed by atoms with E-state index in [1.807, 2.05) is 56.3 Å². The van der Waals surface area contributed by atoms with E-state index in [1.54, 1.807) is 23.9 Å². The van der Waals surface area contributed by atoms with Crippen molar-refractivity contribution in [1.82, 2.24) is 25.0 Å².